The van der Waals surface area contributed by atoms with Gasteiger partial charge in [-0.1, -0.05) is 127 Å². The Morgan fingerprint density at radius 2 is 0.796 bits per heavy atom. The summed E-state index contributed by atoms with van der Waals surface area (Å²) in [7, 11) is 0. The van der Waals surface area contributed by atoms with Crippen molar-refractivity contribution < 1.29 is 0 Å². The highest BCUT2D eigenvalue weighted by Crippen LogP contribution is 2.42. The molecule has 252 valence electrons. The molecule has 0 radical (unpaired) electrons. The lowest BCUT2D eigenvalue weighted by Gasteiger charge is -2.11. The summed E-state index contributed by atoms with van der Waals surface area (Å²) in [6.45, 7) is 0. The van der Waals surface area contributed by atoms with Gasteiger partial charge in [0.2, 0.25) is 0 Å². The fraction of sp³-hybridized carbons (Fsp3) is 0. The van der Waals surface area contributed by atoms with E-state index in [4.69, 9.17) is 15.0 Å². The molecule has 11 rings (SSSR count). The largest absolute Gasteiger partial charge is 0.309 e. The Labute approximate surface area is 311 Å². The molecular weight excluding hydrogens is 659 g/mol. The smallest absolute Gasteiger partial charge is 0.164 e. The molecule has 54 heavy (non-hydrogen) atoms. The molecule has 0 N–H and O–H groups in total. The van der Waals surface area contributed by atoms with E-state index in [2.05, 4.69) is 137 Å². The minimum absolute atomic E-state index is 0.636. The van der Waals surface area contributed by atoms with Crippen LogP contribution in [0.1, 0.15) is 0 Å². The van der Waals surface area contributed by atoms with Gasteiger partial charge in [-0.2, -0.15) is 0 Å². The third-order valence-electron chi connectivity index (χ3n) is 10.5. The van der Waals surface area contributed by atoms with E-state index < -0.39 is 0 Å². The number of rotatable bonds is 5. The van der Waals surface area contributed by atoms with Crippen molar-refractivity contribution in [2.45, 2.75) is 0 Å². The van der Waals surface area contributed by atoms with E-state index >= 15 is 0 Å². The van der Waals surface area contributed by atoms with E-state index in [1.165, 1.54) is 43.4 Å². The number of para-hydroxylation sites is 2. The zero-order valence-corrected chi connectivity index (χ0v) is 29.1. The Balaban J connectivity index is 1.15. The van der Waals surface area contributed by atoms with E-state index in [9.17, 15) is 0 Å². The van der Waals surface area contributed by atoms with Crippen LogP contribution in [0.2, 0.25) is 0 Å². The van der Waals surface area contributed by atoms with Gasteiger partial charge in [0.1, 0.15) is 0 Å². The molecule has 0 aliphatic heterocycles. The number of fused-ring (bicyclic) bond motifs is 8. The molecule has 0 aliphatic rings. The summed E-state index contributed by atoms with van der Waals surface area (Å²) in [4.78, 5) is 14.9. The molecule has 0 saturated heterocycles. The molecule has 11 aromatic rings. The maximum absolute atomic E-state index is 4.99. The lowest BCUT2D eigenvalue weighted by atomic mass is 10.0. The van der Waals surface area contributed by atoms with Crippen LogP contribution < -0.4 is 0 Å². The van der Waals surface area contributed by atoms with Crippen LogP contribution in [0.3, 0.4) is 0 Å². The van der Waals surface area contributed by atoms with Gasteiger partial charge in [-0.05, 0) is 71.4 Å². The first-order chi connectivity index (χ1) is 26.8. The maximum Gasteiger partial charge on any atom is 0.164 e. The SMILES string of the molecule is c1ccc(-c2nc(-c3ccccc3)nc(-c3ccc(-n4c5cc6c(cc5c5c7ccccc7ccc54)c4ccccc4n6-c4ccccc4)cc3)n2)cc1. The van der Waals surface area contributed by atoms with Gasteiger partial charge in [-0.25, -0.2) is 15.0 Å². The first kappa shape index (κ1) is 30.3. The van der Waals surface area contributed by atoms with Crippen LogP contribution in [0.4, 0.5) is 0 Å². The van der Waals surface area contributed by atoms with Gasteiger partial charge in [-0.3, -0.25) is 0 Å². The van der Waals surface area contributed by atoms with Gasteiger partial charge in [0, 0.05) is 49.6 Å². The van der Waals surface area contributed by atoms with Gasteiger partial charge in [0.25, 0.3) is 0 Å². The average Bonchev–Trinajstić information content (AvgIpc) is 3.76. The average molecular weight is 690 g/mol. The summed E-state index contributed by atoms with van der Waals surface area (Å²) in [5.74, 6) is 1.93. The van der Waals surface area contributed by atoms with Crippen LogP contribution in [0, 0.1) is 0 Å². The van der Waals surface area contributed by atoms with Crippen molar-refractivity contribution >= 4 is 54.4 Å². The highest BCUT2D eigenvalue weighted by molar-refractivity contribution is 6.25. The van der Waals surface area contributed by atoms with Crippen molar-refractivity contribution in [1.29, 1.82) is 0 Å². The Hall–Kier alpha value is -7.37. The molecular formula is C49H31N5. The van der Waals surface area contributed by atoms with Crippen LogP contribution in [-0.2, 0) is 0 Å². The molecule has 5 nitrogen and oxygen atoms in total. The second-order valence-electron chi connectivity index (χ2n) is 13.7. The van der Waals surface area contributed by atoms with Gasteiger partial charge < -0.3 is 9.13 Å². The zero-order valence-electron chi connectivity index (χ0n) is 29.1. The highest BCUT2D eigenvalue weighted by atomic mass is 15.0. The third kappa shape index (κ3) is 4.76. The molecule has 0 spiro atoms. The molecule has 0 aliphatic carbocycles. The van der Waals surface area contributed by atoms with Crippen LogP contribution in [0.15, 0.2) is 188 Å². The Morgan fingerprint density at radius 3 is 1.46 bits per heavy atom. The normalized spacial score (nSPS) is 11.7. The van der Waals surface area contributed by atoms with Crippen molar-refractivity contribution in [2.75, 3.05) is 0 Å². The number of hydrogen-bond acceptors (Lipinski definition) is 3. The summed E-state index contributed by atoms with van der Waals surface area (Å²) in [6, 6.07) is 66.3. The van der Waals surface area contributed by atoms with Gasteiger partial charge in [0.05, 0.1) is 22.1 Å². The molecule has 5 heteroatoms. The summed E-state index contributed by atoms with van der Waals surface area (Å²) >= 11 is 0. The summed E-state index contributed by atoms with van der Waals surface area (Å²) in [6.07, 6.45) is 0. The standard InChI is InChI=1S/C49H31N5/c1-4-15-33(16-5-1)47-50-48(34-17-6-2-7-18-34)52-49(51-47)35-24-27-37(28-25-35)54-43-29-26-32-14-10-11-21-38(32)46(43)41-30-40-39-22-12-13-23-42(39)53(44(40)31-45(41)54)36-19-8-3-9-20-36/h1-31H. The summed E-state index contributed by atoms with van der Waals surface area (Å²) in [5.41, 5.74) is 9.72. The lowest BCUT2D eigenvalue weighted by Crippen LogP contribution is -2.00. The quantitative estimate of drug-likeness (QED) is 0.181. The number of aromatic nitrogens is 5. The Morgan fingerprint density at radius 1 is 0.296 bits per heavy atom. The van der Waals surface area contributed by atoms with Crippen LogP contribution in [0.25, 0.3) is 99.9 Å². The number of benzene rings is 8. The molecule has 0 fully saturated rings. The predicted molar refractivity (Wildman–Crippen MR) is 222 cm³/mol. The monoisotopic (exact) mass is 689 g/mol. The van der Waals surface area contributed by atoms with Crippen LogP contribution in [0.5, 0.6) is 0 Å². The number of nitrogens with zero attached hydrogens (tertiary/aromatic N) is 5. The molecule has 8 aromatic carbocycles. The van der Waals surface area contributed by atoms with Crippen molar-refractivity contribution in [3.63, 3.8) is 0 Å². The van der Waals surface area contributed by atoms with Crippen molar-refractivity contribution in [3.05, 3.63) is 188 Å². The molecule has 3 heterocycles. The van der Waals surface area contributed by atoms with Crippen molar-refractivity contribution in [1.82, 2.24) is 24.1 Å². The Bertz CT molecular complexity index is 3120. The van der Waals surface area contributed by atoms with E-state index in [1.54, 1.807) is 0 Å². The highest BCUT2D eigenvalue weighted by Gasteiger charge is 2.20. The second kappa shape index (κ2) is 12.1. The van der Waals surface area contributed by atoms with E-state index in [0.29, 0.717) is 17.5 Å². The van der Waals surface area contributed by atoms with E-state index in [-0.39, 0.29) is 0 Å². The number of hydrogen-bond donors (Lipinski definition) is 0. The topological polar surface area (TPSA) is 48.5 Å². The lowest BCUT2D eigenvalue weighted by molar-refractivity contribution is 1.07. The van der Waals surface area contributed by atoms with Crippen molar-refractivity contribution in [2.24, 2.45) is 0 Å². The third-order valence-corrected chi connectivity index (χ3v) is 10.5. The zero-order chi connectivity index (χ0) is 35.6. The summed E-state index contributed by atoms with van der Waals surface area (Å²) in [5, 5.41) is 7.43. The molecule has 0 saturated carbocycles. The fourth-order valence-corrected chi connectivity index (χ4v) is 8.08. The molecule has 0 atom stereocenters. The van der Waals surface area contributed by atoms with Crippen molar-refractivity contribution in [3.8, 4) is 45.5 Å². The fourth-order valence-electron chi connectivity index (χ4n) is 8.08. The molecule has 0 amide bonds. The first-order valence-electron chi connectivity index (χ1n) is 18.2. The molecule has 0 unspecified atom stereocenters. The molecule has 0 bridgehead atoms. The van der Waals surface area contributed by atoms with E-state index in [0.717, 1.165) is 39.1 Å². The minimum atomic E-state index is 0.636. The first-order valence-corrected chi connectivity index (χ1v) is 18.2. The van der Waals surface area contributed by atoms with Crippen LogP contribution >= 0.6 is 0 Å². The van der Waals surface area contributed by atoms with Gasteiger partial charge >= 0.3 is 0 Å². The maximum atomic E-state index is 4.99. The predicted octanol–water partition coefficient (Wildman–Crippen LogP) is 12.2. The second-order valence-corrected chi connectivity index (χ2v) is 13.7. The molecule has 3 aromatic heterocycles. The van der Waals surface area contributed by atoms with Crippen LogP contribution in [-0.4, -0.2) is 24.1 Å². The summed E-state index contributed by atoms with van der Waals surface area (Å²) < 4.78 is 4.80. The van der Waals surface area contributed by atoms with E-state index in [1.807, 2.05) is 60.7 Å². The van der Waals surface area contributed by atoms with Gasteiger partial charge in [0.15, 0.2) is 17.5 Å². The Kier molecular flexibility index (Phi) is 6.79. The minimum Gasteiger partial charge on any atom is -0.309 e. The van der Waals surface area contributed by atoms with Gasteiger partial charge in [-0.15, -0.1) is 0 Å².